The summed E-state index contributed by atoms with van der Waals surface area (Å²) in [6.07, 6.45) is 16.0. The molecule has 2 aromatic carbocycles. The first-order chi connectivity index (χ1) is 20.4. The van der Waals surface area contributed by atoms with Gasteiger partial charge in [-0.25, -0.2) is 4.79 Å². The average molecular weight is 577 g/mol. The van der Waals surface area contributed by atoms with E-state index in [1.165, 1.54) is 6.08 Å². The van der Waals surface area contributed by atoms with Gasteiger partial charge in [-0.3, -0.25) is 4.79 Å². The smallest absolute Gasteiger partial charge is 0.330 e. The molecular formula is C35H48N2O5. The van der Waals surface area contributed by atoms with Gasteiger partial charge in [0.1, 0.15) is 5.75 Å². The third kappa shape index (κ3) is 11.7. The standard InChI is InChI=1S/C35H48N2O5/c1-3-5-7-8-9-21-40-32-18-14-27(15-19-32)35(39)42-33-16-11-26(12-17-33)13-20-34(38)41-25-28(10-6-4-2)29-22-30(36)24-31(37)23-29/h3,11-13,16-17,20,22-24,27-28,32H,1,4-10,14-15,18-19,21,25,36-37H2,2H3. The third-order valence-corrected chi connectivity index (χ3v) is 7.73. The van der Waals surface area contributed by atoms with Crippen LogP contribution in [0.2, 0.25) is 0 Å². The van der Waals surface area contributed by atoms with Crippen LogP contribution in [0.15, 0.2) is 61.2 Å². The molecule has 0 spiro atoms. The molecule has 1 saturated carbocycles. The van der Waals surface area contributed by atoms with Crippen molar-refractivity contribution in [2.45, 2.75) is 89.6 Å². The van der Waals surface area contributed by atoms with Crippen LogP contribution < -0.4 is 16.2 Å². The summed E-state index contributed by atoms with van der Waals surface area (Å²) in [6, 6.07) is 12.6. The number of carbonyl (C=O) groups is 2. The number of allylic oxidation sites excluding steroid dienone is 1. The van der Waals surface area contributed by atoms with Gasteiger partial charge in [0.15, 0.2) is 0 Å². The maximum Gasteiger partial charge on any atom is 0.330 e. The SMILES string of the molecule is C=CCCCCCOC1CCC(C(=O)Oc2ccc(C=CC(=O)OCC(CCCC)c3cc(N)cc(N)c3)cc2)CC1. The van der Waals surface area contributed by atoms with E-state index in [0.717, 1.165) is 88.4 Å². The molecule has 7 nitrogen and oxygen atoms in total. The Morgan fingerprint density at radius 1 is 0.976 bits per heavy atom. The van der Waals surface area contributed by atoms with Crippen LogP contribution in [-0.4, -0.2) is 31.3 Å². The molecule has 2 aromatic rings. The number of carbonyl (C=O) groups excluding carboxylic acids is 2. The van der Waals surface area contributed by atoms with E-state index in [0.29, 0.717) is 17.1 Å². The number of esters is 2. The number of hydrogen-bond acceptors (Lipinski definition) is 7. The third-order valence-electron chi connectivity index (χ3n) is 7.73. The first-order valence-electron chi connectivity index (χ1n) is 15.4. The van der Waals surface area contributed by atoms with Gasteiger partial charge < -0.3 is 25.7 Å². The lowest BCUT2D eigenvalue weighted by atomic mass is 9.87. The lowest BCUT2D eigenvalue weighted by Crippen LogP contribution is -2.29. The Morgan fingerprint density at radius 2 is 1.69 bits per heavy atom. The summed E-state index contributed by atoms with van der Waals surface area (Å²) in [5.74, 6) is -0.183. The Kier molecular flexibility index (Phi) is 14.2. The van der Waals surface area contributed by atoms with E-state index < -0.39 is 5.97 Å². The highest BCUT2D eigenvalue weighted by Gasteiger charge is 2.28. The highest BCUT2D eigenvalue weighted by atomic mass is 16.5. The van der Waals surface area contributed by atoms with Crippen molar-refractivity contribution >= 4 is 29.4 Å². The minimum Gasteiger partial charge on any atom is -0.462 e. The molecule has 1 unspecified atom stereocenters. The van der Waals surface area contributed by atoms with Crippen LogP contribution in [-0.2, 0) is 19.1 Å². The molecule has 0 amide bonds. The van der Waals surface area contributed by atoms with E-state index in [-0.39, 0.29) is 30.5 Å². The van der Waals surface area contributed by atoms with E-state index in [9.17, 15) is 9.59 Å². The highest BCUT2D eigenvalue weighted by Crippen LogP contribution is 2.29. The summed E-state index contributed by atoms with van der Waals surface area (Å²) in [5, 5.41) is 0. The zero-order valence-corrected chi connectivity index (χ0v) is 25.1. The second-order valence-corrected chi connectivity index (χ2v) is 11.2. The number of rotatable bonds is 17. The molecule has 0 aromatic heterocycles. The fourth-order valence-electron chi connectivity index (χ4n) is 5.26. The van der Waals surface area contributed by atoms with Gasteiger partial charge in [-0.15, -0.1) is 6.58 Å². The fraction of sp³-hybridized carbons (Fsp3) is 0.486. The molecule has 0 bridgehead atoms. The number of hydrogen-bond donors (Lipinski definition) is 2. The van der Waals surface area contributed by atoms with Gasteiger partial charge in [0.2, 0.25) is 0 Å². The summed E-state index contributed by atoms with van der Waals surface area (Å²) >= 11 is 0. The van der Waals surface area contributed by atoms with Gasteiger partial charge in [0, 0.05) is 30.0 Å². The van der Waals surface area contributed by atoms with Gasteiger partial charge in [-0.2, -0.15) is 0 Å². The summed E-state index contributed by atoms with van der Waals surface area (Å²) < 4.78 is 17.2. The number of nitrogens with two attached hydrogens (primary N) is 2. The van der Waals surface area contributed by atoms with Gasteiger partial charge in [0.25, 0.3) is 0 Å². The molecule has 1 aliphatic rings. The molecule has 1 fully saturated rings. The number of ether oxygens (including phenoxy) is 3. The van der Waals surface area contributed by atoms with Crippen LogP contribution in [0, 0.1) is 5.92 Å². The van der Waals surface area contributed by atoms with E-state index in [2.05, 4.69) is 13.5 Å². The zero-order chi connectivity index (χ0) is 30.2. The zero-order valence-electron chi connectivity index (χ0n) is 25.1. The van der Waals surface area contributed by atoms with E-state index in [1.54, 1.807) is 24.3 Å². The number of anilines is 2. The maximum absolute atomic E-state index is 12.7. The Bertz CT molecular complexity index is 1130. The Balaban J connectivity index is 1.40. The second-order valence-electron chi connectivity index (χ2n) is 11.2. The highest BCUT2D eigenvalue weighted by molar-refractivity contribution is 5.87. The second kappa shape index (κ2) is 18.1. The molecule has 4 N–H and O–H groups in total. The summed E-state index contributed by atoms with van der Waals surface area (Å²) in [5.41, 5.74) is 14.9. The van der Waals surface area contributed by atoms with E-state index in [4.69, 9.17) is 25.7 Å². The van der Waals surface area contributed by atoms with Crippen molar-refractivity contribution in [3.05, 3.63) is 72.3 Å². The largest absolute Gasteiger partial charge is 0.462 e. The molecule has 0 saturated heterocycles. The summed E-state index contributed by atoms with van der Waals surface area (Å²) in [4.78, 5) is 25.1. The van der Waals surface area contributed by atoms with Crippen molar-refractivity contribution in [2.75, 3.05) is 24.7 Å². The van der Waals surface area contributed by atoms with Crippen molar-refractivity contribution in [2.24, 2.45) is 5.92 Å². The molecule has 1 atom stereocenters. The summed E-state index contributed by atoms with van der Waals surface area (Å²) in [7, 11) is 0. The van der Waals surface area contributed by atoms with E-state index in [1.807, 2.05) is 30.3 Å². The van der Waals surface area contributed by atoms with Crippen LogP contribution in [0.4, 0.5) is 11.4 Å². The average Bonchev–Trinajstić information content (AvgIpc) is 2.98. The first kappa shape index (κ1) is 32.9. The van der Waals surface area contributed by atoms with Crippen molar-refractivity contribution in [3.63, 3.8) is 0 Å². The van der Waals surface area contributed by atoms with Gasteiger partial charge >= 0.3 is 11.9 Å². The van der Waals surface area contributed by atoms with Crippen molar-refractivity contribution < 1.29 is 23.8 Å². The predicted molar refractivity (Wildman–Crippen MR) is 170 cm³/mol. The lowest BCUT2D eigenvalue weighted by Gasteiger charge is -2.27. The van der Waals surface area contributed by atoms with Crippen LogP contribution in [0.3, 0.4) is 0 Å². The Morgan fingerprint density at radius 3 is 2.36 bits per heavy atom. The molecule has 0 radical (unpaired) electrons. The van der Waals surface area contributed by atoms with Gasteiger partial charge in [-0.05, 0) is 98.9 Å². The predicted octanol–water partition coefficient (Wildman–Crippen LogP) is 7.61. The minimum absolute atomic E-state index is 0.0297. The fourth-order valence-corrected chi connectivity index (χ4v) is 5.26. The molecule has 3 rings (SSSR count). The number of benzene rings is 2. The maximum atomic E-state index is 12.7. The van der Waals surface area contributed by atoms with E-state index >= 15 is 0 Å². The molecule has 1 aliphatic carbocycles. The minimum atomic E-state index is -0.420. The molecule has 7 heteroatoms. The van der Waals surface area contributed by atoms with Crippen molar-refractivity contribution in [1.29, 1.82) is 0 Å². The molecule has 42 heavy (non-hydrogen) atoms. The van der Waals surface area contributed by atoms with Gasteiger partial charge in [-0.1, -0.05) is 44.4 Å². The first-order valence-corrected chi connectivity index (χ1v) is 15.4. The van der Waals surface area contributed by atoms with Gasteiger partial charge in [0.05, 0.1) is 18.6 Å². The summed E-state index contributed by atoms with van der Waals surface area (Å²) in [6.45, 7) is 6.92. The van der Waals surface area contributed by atoms with Crippen LogP contribution in [0.25, 0.3) is 6.08 Å². The van der Waals surface area contributed by atoms with Crippen LogP contribution >= 0.6 is 0 Å². The van der Waals surface area contributed by atoms with Crippen LogP contribution in [0.1, 0.15) is 94.6 Å². The normalized spacial score (nSPS) is 17.5. The number of nitrogen functional groups attached to an aromatic ring is 2. The quantitative estimate of drug-likeness (QED) is 0.0497. The number of unbranched alkanes of at least 4 members (excludes halogenated alkanes) is 4. The molecule has 228 valence electrons. The topological polar surface area (TPSA) is 114 Å². The molecular weight excluding hydrogens is 528 g/mol. The molecule has 0 aliphatic heterocycles. The van der Waals surface area contributed by atoms with Crippen LogP contribution in [0.5, 0.6) is 5.75 Å². The Labute approximate surface area is 251 Å². The molecule has 0 heterocycles. The Hall–Kier alpha value is -3.58. The van der Waals surface area contributed by atoms with Crippen molar-refractivity contribution in [1.82, 2.24) is 0 Å². The lowest BCUT2D eigenvalue weighted by molar-refractivity contribution is -0.141. The van der Waals surface area contributed by atoms with Crippen molar-refractivity contribution in [3.8, 4) is 5.75 Å². The monoisotopic (exact) mass is 576 g/mol.